The molecular weight excluding hydrogens is 222 g/mol. The Morgan fingerprint density at radius 2 is 2.24 bits per heavy atom. The zero-order valence-electron chi connectivity index (χ0n) is 10.5. The number of hydrogen-bond donors (Lipinski definition) is 1. The van der Waals surface area contributed by atoms with Crippen LogP contribution in [-0.2, 0) is 16.5 Å². The van der Waals surface area contributed by atoms with Crippen LogP contribution >= 0.6 is 0 Å². The number of hydrogen-bond acceptors (Lipinski definition) is 5. The summed E-state index contributed by atoms with van der Waals surface area (Å²) in [5.74, 6) is -0.00549. The molecular formula is C11H19N3O3. The number of nitrogens with zero attached hydrogens (tertiary/aromatic N) is 2. The first-order valence-electron chi connectivity index (χ1n) is 5.54. The van der Waals surface area contributed by atoms with Gasteiger partial charge in [-0.25, -0.2) is 4.79 Å². The minimum absolute atomic E-state index is 0.218. The topological polar surface area (TPSA) is 79.4 Å². The highest BCUT2D eigenvalue weighted by Crippen LogP contribution is 2.10. The van der Waals surface area contributed by atoms with Crippen LogP contribution in [-0.4, -0.2) is 35.6 Å². The molecule has 0 radical (unpaired) electrons. The molecule has 0 atom stereocenters. The van der Waals surface area contributed by atoms with Crippen molar-refractivity contribution in [1.29, 1.82) is 0 Å². The normalized spacial score (nSPS) is 10.8. The maximum absolute atomic E-state index is 11.6. The Balaban J connectivity index is 2.31. The van der Waals surface area contributed by atoms with Crippen LogP contribution in [0.3, 0.4) is 0 Å². The van der Waals surface area contributed by atoms with Crippen LogP contribution in [0, 0.1) is 5.92 Å². The fourth-order valence-electron chi connectivity index (χ4n) is 1.29. The van der Waals surface area contributed by atoms with Crippen LogP contribution in [0.5, 0.6) is 0 Å². The van der Waals surface area contributed by atoms with E-state index in [-0.39, 0.29) is 12.3 Å². The lowest BCUT2D eigenvalue weighted by Gasteiger charge is -2.08. The molecule has 0 fully saturated rings. The van der Waals surface area contributed by atoms with Crippen LogP contribution in [0.15, 0.2) is 6.20 Å². The molecule has 0 aliphatic heterocycles. The Morgan fingerprint density at radius 1 is 1.53 bits per heavy atom. The van der Waals surface area contributed by atoms with Crippen molar-refractivity contribution in [2.24, 2.45) is 13.0 Å². The van der Waals surface area contributed by atoms with E-state index in [0.717, 1.165) is 0 Å². The predicted octanol–water partition coefficient (Wildman–Crippen LogP) is 0.832. The first-order chi connectivity index (χ1) is 8.02. The molecule has 0 aliphatic carbocycles. The average molecular weight is 241 g/mol. The van der Waals surface area contributed by atoms with Gasteiger partial charge in [0.15, 0.2) is 5.69 Å². The summed E-state index contributed by atoms with van der Waals surface area (Å²) in [6.07, 6.45) is 1.42. The third-order valence-corrected chi connectivity index (χ3v) is 2.07. The number of esters is 1. The van der Waals surface area contributed by atoms with Gasteiger partial charge >= 0.3 is 5.97 Å². The minimum Gasteiger partial charge on any atom is -0.458 e. The minimum atomic E-state index is -0.476. The second kappa shape index (κ2) is 6.24. The van der Waals surface area contributed by atoms with Gasteiger partial charge in [-0.15, -0.1) is 0 Å². The lowest BCUT2D eigenvalue weighted by atomic mass is 10.2. The van der Waals surface area contributed by atoms with E-state index in [2.05, 4.69) is 18.9 Å². The quantitative estimate of drug-likeness (QED) is 0.589. The molecule has 0 aliphatic rings. The van der Waals surface area contributed by atoms with Crippen molar-refractivity contribution in [3.63, 3.8) is 0 Å². The molecule has 96 valence electrons. The van der Waals surface area contributed by atoms with Gasteiger partial charge in [-0.2, -0.15) is 5.10 Å². The lowest BCUT2D eigenvalue weighted by molar-refractivity contribution is 0.0269. The highest BCUT2D eigenvalue weighted by molar-refractivity contribution is 5.92. The molecule has 1 heterocycles. The second-order valence-electron chi connectivity index (χ2n) is 4.18. The number of nitrogen functional groups attached to an aromatic ring is 1. The van der Waals surface area contributed by atoms with E-state index >= 15 is 0 Å². The summed E-state index contributed by atoms with van der Waals surface area (Å²) in [5.41, 5.74) is 6.19. The molecule has 0 amide bonds. The fourth-order valence-corrected chi connectivity index (χ4v) is 1.29. The summed E-state index contributed by atoms with van der Waals surface area (Å²) in [4.78, 5) is 11.6. The van der Waals surface area contributed by atoms with E-state index in [1.165, 1.54) is 10.9 Å². The van der Waals surface area contributed by atoms with Gasteiger partial charge in [0.25, 0.3) is 0 Å². The number of nitrogens with two attached hydrogens (primary N) is 1. The number of rotatable bonds is 6. The molecule has 0 unspecified atom stereocenters. The van der Waals surface area contributed by atoms with E-state index in [1.54, 1.807) is 7.05 Å². The van der Waals surface area contributed by atoms with E-state index in [4.69, 9.17) is 15.2 Å². The molecule has 2 N–H and O–H groups in total. The van der Waals surface area contributed by atoms with Gasteiger partial charge in [-0.1, -0.05) is 13.8 Å². The number of aryl methyl sites for hydroxylation is 1. The number of ether oxygens (including phenoxy) is 2. The molecule has 1 aromatic rings. The Hall–Kier alpha value is -1.56. The van der Waals surface area contributed by atoms with Gasteiger partial charge in [0.2, 0.25) is 0 Å². The van der Waals surface area contributed by atoms with Crippen LogP contribution < -0.4 is 5.73 Å². The Bertz CT molecular complexity index is 355. The smallest absolute Gasteiger partial charge is 0.358 e. The van der Waals surface area contributed by atoms with Gasteiger partial charge in [0, 0.05) is 13.7 Å². The Labute approximate surface area is 101 Å². The number of carbonyl (C=O) groups is 1. The number of anilines is 1. The van der Waals surface area contributed by atoms with Crippen LogP contribution in [0.1, 0.15) is 24.3 Å². The average Bonchev–Trinajstić information content (AvgIpc) is 2.57. The largest absolute Gasteiger partial charge is 0.458 e. The summed E-state index contributed by atoms with van der Waals surface area (Å²) >= 11 is 0. The number of aromatic nitrogens is 2. The summed E-state index contributed by atoms with van der Waals surface area (Å²) in [5, 5.41) is 3.86. The van der Waals surface area contributed by atoms with Gasteiger partial charge < -0.3 is 15.2 Å². The van der Waals surface area contributed by atoms with E-state index in [0.29, 0.717) is 24.8 Å². The van der Waals surface area contributed by atoms with Crippen molar-refractivity contribution >= 4 is 11.7 Å². The molecule has 1 rings (SSSR count). The van der Waals surface area contributed by atoms with Crippen molar-refractivity contribution in [1.82, 2.24) is 9.78 Å². The molecule has 0 aromatic carbocycles. The zero-order chi connectivity index (χ0) is 12.8. The van der Waals surface area contributed by atoms with Gasteiger partial charge in [-0.3, -0.25) is 4.68 Å². The van der Waals surface area contributed by atoms with E-state index < -0.39 is 5.97 Å². The highest BCUT2D eigenvalue weighted by atomic mass is 16.6. The molecule has 0 saturated carbocycles. The monoisotopic (exact) mass is 241 g/mol. The summed E-state index contributed by atoms with van der Waals surface area (Å²) < 4.78 is 11.7. The molecule has 6 nitrogen and oxygen atoms in total. The zero-order valence-corrected chi connectivity index (χ0v) is 10.5. The van der Waals surface area contributed by atoms with Crippen LogP contribution in [0.4, 0.5) is 5.69 Å². The van der Waals surface area contributed by atoms with Gasteiger partial charge in [-0.05, 0) is 5.92 Å². The SMILES string of the molecule is CC(C)COCCOC(=O)c1c(N)cnn1C. The Kier molecular flexibility index (Phi) is 4.96. The van der Waals surface area contributed by atoms with Crippen molar-refractivity contribution in [3.05, 3.63) is 11.9 Å². The van der Waals surface area contributed by atoms with E-state index in [1.807, 2.05) is 0 Å². The van der Waals surface area contributed by atoms with Crippen molar-refractivity contribution in [2.45, 2.75) is 13.8 Å². The highest BCUT2D eigenvalue weighted by Gasteiger charge is 2.16. The second-order valence-corrected chi connectivity index (χ2v) is 4.18. The Morgan fingerprint density at radius 3 is 2.76 bits per heavy atom. The molecule has 17 heavy (non-hydrogen) atoms. The van der Waals surface area contributed by atoms with Gasteiger partial charge in [0.05, 0.1) is 18.5 Å². The summed E-state index contributed by atoms with van der Waals surface area (Å²) in [6, 6.07) is 0. The first kappa shape index (κ1) is 13.5. The fraction of sp³-hybridized carbons (Fsp3) is 0.636. The molecule has 0 bridgehead atoms. The van der Waals surface area contributed by atoms with Crippen molar-refractivity contribution in [3.8, 4) is 0 Å². The maximum atomic E-state index is 11.6. The van der Waals surface area contributed by atoms with Crippen molar-refractivity contribution < 1.29 is 14.3 Å². The van der Waals surface area contributed by atoms with Gasteiger partial charge in [0.1, 0.15) is 6.61 Å². The van der Waals surface area contributed by atoms with Crippen LogP contribution in [0.2, 0.25) is 0 Å². The van der Waals surface area contributed by atoms with Crippen LogP contribution in [0.25, 0.3) is 0 Å². The third-order valence-electron chi connectivity index (χ3n) is 2.07. The summed E-state index contributed by atoms with van der Waals surface area (Å²) in [7, 11) is 1.64. The first-order valence-corrected chi connectivity index (χ1v) is 5.54. The molecule has 0 spiro atoms. The standard InChI is InChI=1S/C11H19N3O3/c1-8(2)7-16-4-5-17-11(15)10-9(12)6-13-14(10)3/h6,8H,4-5,7,12H2,1-3H3. The summed E-state index contributed by atoms with van der Waals surface area (Å²) in [6.45, 7) is 5.38. The molecule has 1 aromatic heterocycles. The lowest BCUT2D eigenvalue weighted by Crippen LogP contribution is -2.16. The van der Waals surface area contributed by atoms with Crippen molar-refractivity contribution in [2.75, 3.05) is 25.6 Å². The molecule has 6 heteroatoms. The predicted molar refractivity (Wildman–Crippen MR) is 63.6 cm³/mol. The number of carbonyl (C=O) groups excluding carboxylic acids is 1. The maximum Gasteiger partial charge on any atom is 0.358 e. The van der Waals surface area contributed by atoms with E-state index in [9.17, 15) is 4.79 Å². The third kappa shape index (κ3) is 4.07. The molecule has 0 saturated heterocycles.